The highest BCUT2D eigenvalue weighted by atomic mass is 16.6. The van der Waals surface area contributed by atoms with Crippen LogP contribution < -0.4 is 0 Å². The molecule has 0 amide bonds. The standard InChI is InChI=1S/C26H30O6/c1-6-16-25(4)17(27)7-9-24(3)20(25)19(32-23(24)29)21-26(16,5)18-12(2)14(11-15(18)31-21)13-8-10-30-22(13)28/h7-9,14-16,19-21H,6,10-11H2,1-5H3/t14-,15-,16-,19-,20+,21-,24-,25+,26-/m1/s1. The molecule has 2 saturated heterocycles. The molecule has 6 nitrogen and oxygen atoms in total. The first-order chi connectivity index (χ1) is 15.1. The van der Waals surface area contributed by atoms with Crippen molar-refractivity contribution in [3.63, 3.8) is 0 Å². The van der Waals surface area contributed by atoms with Gasteiger partial charge in [-0.2, -0.15) is 0 Å². The van der Waals surface area contributed by atoms with Crippen LogP contribution in [0.5, 0.6) is 0 Å². The minimum absolute atomic E-state index is 0.00858. The number of hydrogen-bond acceptors (Lipinski definition) is 6. The summed E-state index contributed by atoms with van der Waals surface area (Å²) in [7, 11) is 0. The summed E-state index contributed by atoms with van der Waals surface area (Å²) in [6, 6.07) is 0. The van der Waals surface area contributed by atoms with Crippen LogP contribution in [0.25, 0.3) is 0 Å². The van der Waals surface area contributed by atoms with Gasteiger partial charge in [-0.15, -0.1) is 0 Å². The van der Waals surface area contributed by atoms with E-state index in [-0.39, 0.29) is 47.7 Å². The van der Waals surface area contributed by atoms with Gasteiger partial charge in [0.15, 0.2) is 5.78 Å². The van der Waals surface area contributed by atoms with E-state index < -0.39 is 22.3 Å². The summed E-state index contributed by atoms with van der Waals surface area (Å²) < 4.78 is 17.9. The van der Waals surface area contributed by atoms with Gasteiger partial charge in [0.05, 0.1) is 11.5 Å². The molecule has 3 heterocycles. The van der Waals surface area contributed by atoms with Crippen molar-refractivity contribution in [1.82, 2.24) is 0 Å². The normalized spacial score (nSPS) is 50.8. The fraction of sp³-hybridized carbons (Fsp3) is 0.654. The molecule has 0 spiro atoms. The Morgan fingerprint density at radius 2 is 1.88 bits per heavy atom. The van der Waals surface area contributed by atoms with E-state index in [1.807, 2.05) is 19.9 Å². The summed E-state index contributed by atoms with van der Waals surface area (Å²) in [5, 5.41) is 0. The van der Waals surface area contributed by atoms with Crippen LogP contribution in [-0.4, -0.2) is 42.6 Å². The fourth-order valence-corrected chi connectivity index (χ4v) is 8.74. The van der Waals surface area contributed by atoms with Crippen molar-refractivity contribution in [3.8, 4) is 0 Å². The summed E-state index contributed by atoms with van der Waals surface area (Å²) in [5.41, 5.74) is 1.08. The molecule has 32 heavy (non-hydrogen) atoms. The predicted octanol–water partition coefficient (Wildman–Crippen LogP) is 3.31. The Labute approximate surface area is 188 Å². The highest BCUT2D eigenvalue weighted by Gasteiger charge is 2.77. The maximum atomic E-state index is 13.5. The zero-order valence-corrected chi connectivity index (χ0v) is 19.3. The summed E-state index contributed by atoms with van der Waals surface area (Å²) in [6.45, 7) is 10.7. The van der Waals surface area contributed by atoms with Gasteiger partial charge < -0.3 is 14.2 Å². The second-order valence-electron chi connectivity index (χ2n) is 11.0. The number of carbonyl (C=O) groups is 3. The SMILES string of the molecule is CC[C@H]1[C@]2(C)C3=C(C)[C@H](C4=CCOC4=O)C[C@H]3O[C@@H]2[C@@H]2OC(=O)[C@]3(C)C=CC(=O)[C@@]1(C)[C@@H]23. The third kappa shape index (κ3) is 2.00. The number of fused-ring (bicyclic) bond motifs is 4. The first-order valence-electron chi connectivity index (χ1n) is 11.8. The lowest BCUT2D eigenvalue weighted by atomic mass is 9.42. The van der Waals surface area contributed by atoms with Gasteiger partial charge in [-0.25, -0.2) is 4.79 Å². The molecule has 1 saturated carbocycles. The number of ether oxygens (including phenoxy) is 3. The summed E-state index contributed by atoms with van der Waals surface area (Å²) in [5.74, 6) is -0.703. The van der Waals surface area contributed by atoms with E-state index in [0.29, 0.717) is 13.0 Å². The number of allylic oxidation sites excluding steroid dienone is 2. The molecule has 0 aromatic rings. The first kappa shape index (κ1) is 20.4. The molecule has 0 radical (unpaired) electrons. The molecule has 9 atom stereocenters. The van der Waals surface area contributed by atoms with Crippen LogP contribution in [0.15, 0.2) is 34.9 Å². The molecule has 3 aliphatic heterocycles. The number of esters is 2. The van der Waals surface area contributed by atoms with Crippen LogP contribution in [0.1, 0.15) is 47.5 Å². The van der Waals surface area contributed by atoms with Crippen LogP contribution in [0.3, 0.4) is 0 Å². The topological polar surface area (TPSA) is 78.9 Å². The van der Waals surface area contributed by atoms with E-state index in [0.717, 1.165) is 17.6 Å². The Kier molecular flexibility index (Phi) is 3.84. The number of hydrogen-bond donors (Lipinski definition) is 0. The van der Waals surface area contributed by atoms with Crippen molar-refractivity contribution in [1.29, 1.82) is 0 Å². The van der Waals surface area contributed by atoms with Crippen molar-refractivity contribution in [2.45, 2.75) is 65.8 Å². The quantitative estimate of drug-likeness (QED) is 0.486. The Hall–Kier alpha value is -2.21. The molecule has 0 unspecified atom stereocenters. The number of ketones is 1. The molecule has 0 N–H and O–H groups in total. The van der Waals surface area contributed by atoms with E-state index in [4.69, 9.17) is 14.2 Å². The average molecular weight is 439 g/mol. The molecule has 0 aromatic carbocycles. The van der Waals surface area contributed by atoms with Gasteiger partial charge in [-0.3, -0.25) is 9.59 Å². The van der Waals surface area contributed by atoms with Crippen molar-refractivity contribution in [2.24, 2.45) is 34.0 Å². The number of rotatable bonds is 2. The van der Waals surface area contributed by atoms with Crippen molar-refractivity contribution in [2.75, 3.05) is 6.61 Å². The Balaban J connectivity index is 1.54. The van der Waals surface area contributed by atoms with Crippen LogP contribution in [0.2, 0.25) is 0 Å². The van der Waals surface area contributed by atoms with Crippen LogP contribution in [-0.2, 0) is 28.6 Å². The van der Waals surface area contributed by atoms with Gasteiger partial charge in [0, 0.05) is 28.2 Å². The molecule has 170 valence electrons. The molecule has 6 aliphatic rings. The van der Waals surface area contributed by atoms with Gasteiger partial charge >= 0.3 is 11.9 Å². The van der Waals surface area contributed by atoms with Crippen LogP contribution >= 0.6 is 0 Å². The highest BCUT2D eigenvalue weighted by molar-refractivity contribution is 6.00. The van der Waals surface area contributed by atoms with Gasteiger partial charge in [0.2, 0.25) is 0 Å². The molecular formula is C26H30O6. The smallest absolute Gasteiger partial charge is 0.334 e. The lowest BCUT2D eigenvalue weighted by molar-refractivity contribution is -0.186. The third-order valence-corrected chi connectivity index (χ3v) is 9.90. The Morgan fingerprint density at radius 1 is 1.12 bits per heavy atom. The van der Waals surface area contributed by atoms with Crippen molar-refractivity contribution < 1.29 is 28.6 Å². The zero-order chi connectivity index (χ0) is 22.8. The van der Waals surface area contributed by atoms with E-state index in [2.05, 4.69) is 20.8 Å². The Morgan fingerprint density at radius 3 is 2.53 bits per heavy atom. The van der Waals surface area contributed by atoms with Gasteiger partial charge in [0.25, 0.3) is 0 Å². The highest BCUT2D eigenvalue weighted by Crippen LogP contribution is 2.71. The second-order valence-corrected chi connectivity index (χ2v) is 11.0. The van der Waals surface area contributed by atoms with Gasteiger partial charge in [0.1, 0.15) is 18.8 Å². The summed E-state index contributed by atoms with van der Waals surface area (Å²) in [4.78, 5) is 38.9. The monoisotopic (exact) mass is 438 g/mol. The molecule has 0 aromatic heterocycles. The molecular weight excluding hydrogens is 408 g/mol. The zero-order valence-electron chi connectivity index (χ0n) is 19.3. The fourth-order valence-electron chi connectivity index (χ4n) is 8.74. The second kappa shape index (κ2) is 6.02. The minimum Gasteiger partial charge on any atom is -0.459 e. The van der Waals surface area contributed by atoms with E-state index >= 15 is 0 Å². The lowest BCUT2D eigenvalue weighted by Crippen LogP contribution is -2.65. The van der Waals surface area contributed by atoms with Gasteiger partial charge in [-0.1, -0.05) is 38.8 Å². The molecule has 6 rings (SSSR count). The van der Waals surface area contributed by atoms with Crippen molar-refractivity contribution in [3.05, 3.63) is 34.9 Å². The molecule has 6 heteroatoms. The molecule has 0 bridgehead atoms. The van der Waals surface area contributed by atoms with E-state index in [1.165, 1.54) is 5.57 Å². The Bertz CT molecular complexity index is 1070. The van der Waals surface area contributed by atoms with E-state index in [9.17, 15) is 14.4 Å². The maximum Gasteiger partial charge on any atom is 0.334 e. The molecule has 3 fully saturated rings. The van der Waals surface area contributed by atoms with Crippen LogP contribution in [0, 0.1) is 34.0 Å². The summed E-state index contributed by atoms with van der Waals surface area (Å²) in [6.07, 6.45) is 5.83. The largest absolute Gasteiger partial charge is 0.459 e. The lowest BCUT2D eigenvalue weighted by Gasteiger charge is -2.59. The van der Waals surface area contributed by atoms with E-state index in [1.54, 1.807) is 12.2 Å². The third-order valence-electron chi connectivity index (χ3n) is 9.90. The molecule has 3 aliphatic carbocycles. The number of cyclic esters (lactones) is 1. The van der Waals surface area contributed by atoms with Crippen molar-refractivity contribution >= 4 is 17.7 Å². The first-order valence-corrected chi connectivity index (χ1v) is 11.8. The van der Waals surface area contributed by atoms with Crippen LogP contribution in [0.4, 0.5) is 0 Å². The maximum absolute atomic E-state index is 13.5. The average Bonchev–Trinajstić information content (AvgIpc) is 3.44. The summed E-state index contributed by atoms with van der Waals surface area (Å²) >= 11 is 0. The predicted molar refractivity (Wildman–Crippen MR) is 114 cm³/mol. The minimum atomic E-state index is -0.812. The number of carbonyl (C=O) groups excluding carboxylic acids is 3. The van der Waals surface area contributed by atoms with Gasteiger partial charge in [-0.05, 0) is 43.9 Å².